The van der Waals surface area contributed by atoms with Crippen LogP contribution in [0.2, 0.25) is 0 Å². The molecule has 1 aromatic carbocycles. The van der Waals surface area contributed by atoms with Gasteiger partial charge in [-0.1, -0.05) is 0 Å². The van der Waals surface area contributed by atoms with Crippen molar-refractivity contribution in [2.75, 3.05) is 13.2 Å². The fourth-order valence-electron chi connectivity index (χ4n) is 2.33. The zero-order valence-corrected chi connectivity index (χ0v) is 18.1. The zero-order chi connectivity index (χ0) is 19.4. The molecule has 0 N–H and O–H groups in total. The predicted octanol–water partition coefficient (Wildman–Crippen LogP) is 1.87. The van der Waals surface area contributed by atoms with Gasteiger partial charge in [-0.25, -0.2) is 0 Å². The Morgan fingerprint density at radius 3 is 2.54 bits per heavy atom. The number of esters is 1. The first-order valence-corrected chi connectivity index (χ1v) is 11.5. The Bertz CT molecular complexity index is 637. The molecule has 2 atom stereocenters. The van der Waals surface area contributed by atoms with Gasteiger partial charge in [0.05, 0.1) is 0 Å². The molecule has 26 heavy (non-hydrogen) atoms. The van der Waals surface area contributed by atoms with Crippen molar-refractivity contribution in [3.8, 4) is 0 Å². The van der Waals surface area contributed by atoms with Crippen molar-refractivity contribution in [2.45, 2.75) is 44.7 Å². The molecule has 1 heterocycles. The number of rotatable bonds is 7. The third-order valence-electron chi connectivity index (χ3n) is 3.48. The Morgan fingerprint density at radius 1 is 1.35 bits per heavy atom. The van der Waals surface area contributed by atoms with Gasteiger partial charge in [-0.2, -0.15) is 0 Å². The van der Waals surface area contributed by atoms with Crippen molar-refractivity contribution in [1.29, 1.82) is 0 Å². The number of alkyl halides is 2. The minimum absolute atomic E-state index is 0.218. The van der Waals surface area contributed by atoms with Crippen molar-refractivity contribution < 1.29 is 37.3 Å². The van der Waals surface area contributed by atoms with Crippen molar-refractivity contribution in [3.05, 3.63) is 30.3 Å². The second-order valence-electron chi connectivity index (χ2n) is 5.96. The van der Waals surface area contributed by atoms with Crippen LogP contribution in [0.3, 0.4) is 0 Å². The van der Waals surface area contributed by atoms with Gasteiger partial charge in [-0.05, 0) is 0 Å². The second-order valence-corrected chi connectivity index (χ2v) is 10.3. The van der Waals surface area contributed by atoms with Gasteiger partial charge in [-0.15, -0.1) is 0 Å². The number of hydrogen-bond acceptors (Lipinski definition) is 6. The third kappa shape index (κ3) is 5.41. The van der Waals surface area contributed by atoms with Gasteiger partial charge in [0.15, 0.2) is 0 Å². The average molecular weight is 567 g/mol. The molecular weight excluding hydrogens is 547 g/mol. The third-order valence-corrected chi connectivity index (χ3v) is 6.76. The summed E-state index contributed by atoms with van der Waals surface area (Å²) in [5.41, 5.74) is 0. The van der Waals surface area contributed by atoms with E-state index in [4.69, 9.17) is 14.2 Å². The molecule has 9 heteroatoms. The molecule has 2 rings (SSSR count). The van der Waals surface area contributed by atoms with Gasteiger partial charge in [0.1, 0.15) is 0 Å². The number of carbonyl (C=O) groups is 2. The molecule has 1 aliphatic heterocycles. The van der Waals surface area contributed by atoms with Gasteiger partial charge in [-0.3, -0.25) is 0 Å². The number of benzene rings is 1. The first-order chi connectivity index (χ1) is 12.2. The van der Waals surface area contributed by atoms with Crippen LogP contribution in [0.15, 0.2) is 30.3 Å². The number of hydrogen-bond donors (Lipinski definition) is 0. The van der Waals surface area contributed by atoms with E-state index in [0.717, 1.165) is 3.27 Å². The quantitative estimate of drug-likeness (QED) is 0.371. The molecule has 1 aromatic rings. The Morgan fingerprint density at radius 2 is 2.00 bits per heavy atom. The van der Waals surface area contributed by atoms with Gasteiger partial charge in [0.25, 0.3) is 0 Å². The minimum atomic E-state index is -4.04. The van der Waals surface area contributed by atoms with E-state index in [0.29, 0.717) is 0 Å². The Balaban J connectivity index is 2.17. The van der Waals surface area contributed by atoms with Gasteiger partial charge in [0.2, 0.25) is 0 Å². The van der Waals surface area contributed by atoms with Crippen LogP contribution < -0.4 is 3.27 Å². The summed E-state index contributed by atoms with van der Waals surface area (Å²) in [6, 6.07) is 8.80. The van der Waals surface area contributed by atoms with Crippen LogP contribution in [-0.4, -0.2) is 70.0 Å². The Hall–Kier alpha value is -1.18. The van der Waals surface area contributed by atoms with Crippen LogP contribution in [0.5, 0.6) is 0 Å². The maximum absolute atomic E-state index is 14.6. The van der Waals surface area contributed by atoms with Crippen LogP contribution >= 0.6 is 0 Å². The first kappa shape index (κ1) is 21.1. The molecule has 1 aliphatic rings. The first-order valence-electron chi connectivity index (χ1n) is 8.00. The van der Waals surface area contributed by atoms with Crippen molar-refractivity contribution >= 4 is 36.2 Å². The summed E-state index contributed by atoms with van der Waals surface area (Å²) in [6.07, 6.45) is -3.38. The molecule has 0 bridgehead atoms. The fourth-order valence-corrected chi connectivity index (χ4v) is 5.05. The molecule has 0 spiro atoms. The van der Waals surface area contributed by atoms with Crippen molar-refractivity contribution in [3.63, 3.8) is 0 Å². The molecule has 1 saturated heterocycles. The molecule has 6 nitrogen and oxygen atoms in total. The van der Waals surface area contributed by atoms with Crippen LogP contribution in [0.4, 0.5) is 13.6 Å². The Kier molecular flexibility index (Phi) is 7.05. The topological polar surface area (TPSA) is 71.1 Å². The molecular formula is C17H20BiF2O6. The van der Waals surface area contributed by atoms with Crippen LogP contribution in [0.1, 0.15) is 20.8 Å². The van der Waals surface area contributed by atoms with E-state index >= 15 is 0 Å². The van der Waals surface area contributed by atoms with Crippen LogP contribution in [-0.2, 0) is 23.7 Å². The molecule has 1 unspecified atom stereocenters. The van der Waals surface area contributed by atoms with E-state index in [-0.39, 0.29) is 13.2 Å². The number of ether oxygens (including phenoxy) is 4. The van der Waals surface area contributed by atoms with Gasteiger partial charge < -0.3 is 0 Å². The Labute approximate surface area is 161 Å². The SMILES string of the molecule is CCOC(=O)C(F)(F)C(O[C](=O)[Bi][c]1ccccc1)[C@H]1COC(C)(C)O1. The van der Waals surface area contributed by atoms with E-state index in [2.05, 4.69) is 4.74 Å². The van der Waals surface area contributed by atoms with Crippen molar-refractivity contribution in [1.82, 2.24) is 0 Å². The molecule has 143 valence electrons. The van der Waals surface area contributed by atoms with Gasteiger partial charge in [0, 0.05) is 0 Å². The summed E-state index contributed by atoms with van der Waals surface area (Å²) < 4.78 is 49.4. The number of halogens is 2. The summed E-state index contributed by atoms with van der Waals surface area (Å²) in [5, 5.41) is 0. The van der Waals surface area contributed by atoms with Gasteiger partial charge >= 0.3 is 162 Å². The monoisotopic (exact) mass is 567 g/mol. The summed E-state index contributed by atoms with van der Waals surface area (Å²) in [7, 11) is 0. The zero-order valence-electron chi connectivity index (χ0n) is 14.6. The van der Waals surface area contributed by atoms with Crippen LogP contribution in [0, 0.1) is 0 Å². The molecule has 0 aliphatic carbocycles. The summed E-state index contributed by atoms with van der Waals surface area (Å²) in [4.78, 5) is 24.0. The molecule has 1 radical (unpaired) electrons. The van der Waals surface area contributed by atoms with Crippen LogP contribution in [0.25, 0.3) is 0 Å². The summed E-state index contributed by atoms with van der Waals surface area (Å²) >= 11 is -2.04. The summed E-state index contributed by atoms with van der Waals surface area (Å²) in [5.74, 6) is -6.91. The second kappa shape index (κ2) is 8.67. The molecule has 0 saturated carbocycles. The molecule has 0 aromatic heterocycles. The van der Waals surface area contributed by atoms with E-state index in [1.54, 1.807) is 44.2 Å². The van der Waals surface area contributed by atoms with E-state index < -0.39 is 56.8 Å². The van der Waals surface area contributed by atoms with E-state index in [1.807, 2.05) is 0 Å². The fraction of sp³-hybridized carbons (Fsp3) is 0.529. The van der Waals surface area contributed by atoms with E-state index in [9.17, 15) is 18.4 Å². The van der Waals surface area contributed by atoms with Crippen molar-refractivity contribution in [2.24, 2.45) is 0 Å². The normalized spacial score (nSPS) is 20.4. The van der Waals surface area contributed by atoms with E-state index in [1.165, 1.54) is 6.92 Å². The standard InChI is InChI=1S/C11H15F2O6.C6H5.Bi/c1-4-16-9(15)11(12,13)8(17-6-14)7-5-18-10(2,3)19-7;1-2-4-6-5-3-1;/h7-8H,4-5H2,1-3H3;1-5H;/t7-,8?;;/m1../s1. The summed E-state index contributed by atoms with van der Waals surface area (Å²) in [6.45, 7) is 4.07. The molecule has 0 amide bonds. The number of carbonyl (C=O) groups excluding carboxylic acids is 2. The predicted molar refractivity (Wildman–Crippen MR) is 88.6 cm³/mol. The maximum atomic E-state index is 14.6. The molecule has 1 fully saturated rings. The average Bonchev–Trinajstić information content (AvgIpc) is 2.93.